The van der Waals surface area contributed by atoms with Gasteiger partial charge in [-0.25, -0.2) is 0 Å². The van der Waals surface area contributed by atoms with Gasteiger partial charge in [0.2, 0.25) is 0 Å². The second-order valence-electron chi connectivity index (χ2n) is 6.14. The van der Waals surface area contributed by atoms with Gasteiger partial charge >= 0.3 is 6.36 Å². The summed E-state index contributed by atoms with van der Waals surface area (Å²) in [7, 11) is 3.28. The monoisotopic (exact) mass is 517 g/mol. The van der Waals surface area contributed by atoms with Crippen molar-refractivity contribution in [2.24, 2.45) is 4.99 Å². The maximum absolute atomic E-state index is 12.6. The molecule has 2 unspecified atom stereocenters. The van der Waals surface area contributed by atoms with Crippen LogP contribution in [0.25, 0.3) is 0 Å². The molecule has 10 heteroatoms. The third-order valence-corrected chi connectivity index (χ3v) is 4.07. The van der Waals surface area contributed by atoms with Crippen molar-refractivity contribution in [2.75, 3.05) is 40.5 Å². The van der Waals surface area contributed by atoms with Crippen LogP contribution < -0.4 is 15.4 Å². The number of nitrogens with zero attached hydrogens (tertiary/aromatic N) is 1. The van der Waals surface area contributed by atoms with Gasteiger partial charge in [-0.3, -0.25) is 4.99 Å². The average Bonchev–Trinajstić information content (AvgIpc) is 3.38. The van der Waals surface area contributed by atoms with E-state index < -0.39 is 6.36 Å². The average molecular weight is 517 g/mol. The lowest BCUT2D eigenvalue weighted by Gasteiger charge is -2.14. The first kappa shape index (κ1) is 24.8. The van der Waals surface area contributed by atoms with Gasteiger partial charge in [-0.05, 0) is 24.5 Å². The Kier molecular flexibility index (Phi) is 10.9. The van der Waals surface area contributed by atoms with Crippen LogP contribution in [0.5, 0.6) is 5.75 Å². The summed E-state index contributed by atoms with van der Waals surface area (Å²) in [6, 6.07) is 6.28. The van der Waals surface area contributed by atoms with Crippen LogP contribution in [0.4, 0.5) is 13.2 Å². The lowest BCUT2D eigenvalue weighted by molar-refractivity contribution is -0.274. The summed E-state index contributed by atoms with van der Waals surface area (Å²) in [6.45, 7) is 2.42. The van der Waals surface area contributed by atoms with Crippen molar-refractivity contribution >= 4 is 29.9 Å². The van der Waals surface area contributed by atoms with Crippen molar-refractivity contribution in [3.8, 4) is 5.75 Å². The molecule has 0 bridgehead atoms. The van der Waals surface area contributed by atoms with Gasteiger partial charge in [-0.15, -0.1) is 37.1 Å². The molecule has 1 aromatic carbocycles. The number of hydrogen-bond donors (Lipinski definition) is 2. The van der Waals surface area contributed by atoms with E-state index >= 15 is 0 Å². The van der Waals surface area contributed by atoms with E-state index in [1.807, 2.05) is 0 Å². The zero-order chi connectivity index (χ0) is 19.7. The van der Waals surface area contributed by atoms with Crippen LogP contribution in [0.1, 0.15) is 24.3 Å². The molecule has 1 aliphatic rings. The first-order chi connectivity index (χ1) is 12.9. The standard InChI is InChI=1S/C18H26F3N3O3.HI/c1-22-17(23-8-5-9-26-11-10-25-2)24-15-12-14(15)13-6-3-4-7-16(13)27-18(19,20)21;/h3-4,6-7,14-15H,5,8-12H2,1-2H3,(H2,22,23,24);1H. The van der Waals surface area contributed by atoms with E-state index in [-0.39, 0.29) is 41.7 Å². The summed E-state index contributed by atoms with van der Waals surface area (Å²) in [5, 5.41) is 6.40. The number of benzene rings is 1. The van der Waals surface area contributed by atoms with Crippen LogP contribution in [0.15, 0.2) is 29.3 Å². The van der Waals surface area contributed by atoms with Gasteiger partial charge in [0.1, 0.15) is 5.75 Å². The number of ether oxygens (including phenoxy) is 3. The number of hydrogen-bond acceptors (Lipinski definition) is 4. The number of nitrogens with one attached hydrogen (secondary N) is 2. The predicted molar refractivity (Wildman–Crippen MR) is 111 cm³/mol. The van der Waals surface area contributed by atoms with Crippen LogP contribution in [0.3, 0.4) is 0 Å². The zero-order valence-corrected chi connectivity index (χ0v) is 18.3. The molecular formula is C18H27F3IN3O3. The van der Waals surface area contributed by atoms with Gasteiger partial charge in [0.05, 0.1) is 13.2 Å². The molecule has 2 atom stereocenters. The van der Waals surface area contributed by atoms with Gasteiger partial charge in [0, 0.05) is 39.3 Å². The summed E-state index contributed by atoms with van der Waals surface area (Å²) in [5.41, 5.74) is 0.550. The molecule has 0 radical (unpaired) electrons. The molecule has 1 aliphatic carbocycles. The first-order valence-corrected chi connectivity index (χ1v) is 8.83. The minimum absolute atomic E-state index is 0. The molecule has 0 spiro atoms. The Morgan fingerprint density at radius 3 is 2.64 bits per heavy atom. The molecule has 28 heavy (non-hydrogen) atoms. The molecule has 1 fully saturated rings. The molecule has 0 aromatic heterocycles. The van der Waals surface area contributed by atoms with Crippen molar-refractivity contribution in [3.63, 3.8) is 0 Å². The van der Waals surface area contributed by atoms with Gasteiger partial charge in [0.15, 0.2) is 5.96 Å². The Labute approximate surface area is 180 Å². The van der Waals surface area contributed by atoms with Crippen LogP contribution in [0.2, 0.25) is 0 Å². The predicted octanol–water partition coefficient (Wildman–Crippen LogP) is 3.28. The fourth-order valence-electron chi connectivity index (χ4n) is 2.70. The van der Waals surface area contributed by atoms with E-state index in [9.17, 15) is 13.2 Å². The first-order valence-electron chi connectivity index (χ1n) is 8.83. The largest absolute Gasteiger partial charge is 0.573 e. The topological polar surface area (TPSA) is 64.1 Å². The second-order valence-corrected chi connectivity index (χ2v) is 6.14. The highest BCUT2D eigenvalue weighted by Gasteiger charge is 2.42. The van der Waals surface area contributed by atoms with E-state index in [2.05, 4.69) is 20.4 Å². The van der Waals surface area contributed by atoms with Crippen LogP contribution in [0, 0.1) is 0 Å². The Morgan fingerprint density at radius 2 is 1.96 bits per heavy atom. The van der Waals surface area contributed by atoms with Crippen LogP contribution in [-0.4, -0.2) is 58.9 Å². The Balaban J connectivity index is 0.00000392. The molecule has 160 valence electrons. The molecular weight excluding hydrogens is 490 g/mol. The third-order valence-electron chi connectivity index (χ3n) is 4.07. The molecule has 0 heterocycles. The molecule has 2 rings (SSSR count). The minimum Gasteiger partial charge on any atom is -0.405 e. The maximum Gasteiger partial charge on any atom is 0.573 e. The zero-order valence-electron chi connectivity index (χ0n) is 15.9. The van der Waals surface area contributed by atoms with Gasteiger partial charge in [0.25, 0.3) is 0 Å². The summed E-state index contributed by atoms with van der Waals surface area (Å²) in [5.74, 6) is 0.434. The molecule has 1 saturated carbocycles. The summed E-state index contributed by atoms with van der Waals surface area (Å²) in [6.07, 6.45) is -3.17. The highest BCUT2D eigenvalue weighted by atomic mass is 127. The quantitative estimate of drug-likeness (QED) is 0.216. The molecule has 2 N–H and O–H groups in total. The Bertz CT molecular complexity index is 617. The Morgan fingerprint density at radius 1 is 1.21 bits per heavy atom. The molecule has 6 nitrogen and oxygen atoms in total. The van der Waals surface area contributed by atoms with Crippen LogP contribution >= 0.6 is 24.0 Å². The lowest BCUT2D eigenvalue weighted by Crippen LogP contribution is -2.39. The lowest BCUT2D eigenvalue weighted by atomic mass is 10.1. The fraction of sp³-hybridized carbons (Fsp3) is 0.611. The van der Waals surface area contributed by atoms with Gasteiger partial charge in [-0.1, -0.05) is 18.2 Å². The number of para-hydroxylation sites is 1. The van der Waals surface area contributed by atoms with Gasteiger partial charge in [-0.2, -0.15) is 0 Å². The smallest absolute Gasteiger partial charge is 0.405 e. The highest BCUT2D eigenvalue weighted by molar-refractivity contribution is 14.0. The third kappa shape index (κ3) is 8.82. The van der Waals surface area contributed by atoms with E-state index in [0.717, 1.165) is 12.8 Å². The Hall–Kier alpha value is -1.27. The highest BCUT2D eigenvalue weighted by Crippen LogP contribution is 2.45. The van der Waals surface area contributed by atoms with Crippen LogP contribution in [-0.2, 0) is 9.47 Å². The van der Waals surface area contributed by atoms with Crippen molar-refractivity contribution in [2.45, 2.75) is 31.2 Å². The molecule has 1 aromatic rings. The number of halogens is 4. The minimum atomic E-state index is -4.70. The molecule has 0 aliphatic heterocycles. The summed E-state index contributed by atoms with van der Waals surface area (Å²) < 4.78 is 52.1. The molecule has 0 amide bonds. The van der Waals surface area contributed by atoms with E-state index in [1.165, 1.54) is 12.1 Å². The SMILES string of the molecule is CN=C(NCCCOCCOC)NC1CC1c1ccccc1OC(F)(F)F.I. The van der Waals surface area contributed by atoms with Gasteiger partial charge < -0.3 is 24.8 Å². The number of alkyl halides is 3. The number of aliphatic imine (C=N–C) groups is 1. The second kappa shape index (κ2) is 12.3. The van der Waals surface area contributed by atoms with E-state index in [0.29, 0.717) is 37.9 Å². The molecule has 0 saturated heterocycles. The fourth-order valence-corrected chi connectivity index (χ4v) is 2.70. The van der Waals surface area contributed by atoms with Crippen molar-refractivity contribution in [3.05, 3.63) is 29.8 Å². The summed E-state index contributed by atoms with van der Waals surface area (Å²) >= 11 is 0. The summed E-state index contributed by atoms with van der Waals surface area (Å²) in [4.78, 5) is 4.15. The number of guanidine groups is 1. The van der Waals surface area contributed by atoms with E-state index in [4.69, 9.17) is 9.47 Å². The van der Waals surface area contributed by atoms with E-state index in [1.54, 1.807) is 26.3 Å². The maximum atomic E-state index is 12.6. The number of methoxy groups -OCH3 is 1. The normalized spacial score (nSPS) is 19.0. The number of rotatable bonds is 10. The van der Waals surface area contributed by atoms with Crippen molar-refractivity contribution in [1.82, 2.24) is 10.6 Å². The van der Waals surface area contributed by atoms with Crippen molar-refractivity contribution in [1.29, 1.82) is 0 Å². The van der Waals surface area contributed by atoms with Crippen molar-refractivity contribution < 1.29 is 27.4 Å².